The van der Waals surface area contributed by atoms with Gasteiger partial charge in [-0.1, -0.05) is 24.3 Å². The van der Waals surface area contributed by atoms with E-state index in [1.54, 1.807) is 7.11 Å². The van der Waals surface area contributed by atoms with Crippen molar-refractivity contribution in [1.29, 1.82) is 0 Å². The maximum Gasteiger partial charge on any atom is 0.107 e. The third-order valence-corrected chi connectivity index (χ3v) is 2.60. The predicted octanol–water partition coefficient (Wildman–Crippen LogP) is 2.30. The van der Waals surface area contributed by atoms with E-state index in [0.29, 0.717) is 0 Å². The van der Waals surface area contributed by atoms with E-state index < -0.39 is 0 Å². The summed E-state index contributed by atoms with van der Waals surface area (Å²) in [5.74, 6) is 0.750. The van der Waals surface area contributed by atoms with E-state index in [1.807, 2.05) is 0 Å². The molecule has 0 heterocycles. The van der Waals surface area contributed by atoms with Crippen molar-refractivity contribution in [2.45, 2.75) is 24.9 Å². The van der Waals surface area contributed by atoms with Gasteiger partial charge in [-0.05, 0) is 25.2 Å². The highest BCUT2D eigenvalue weighted by Crippen LogP contribution is 2.44. The first-order valence-corrected chi connectivity index (χ1v) is 4.28. The summed E-state index contributed by atoms with van der Waals surface area (Å²) in [6.07, 6.45) is 12.5. The smallest absolute Gasteiger partial charge is 0.107 e. The molecule has 2 aliphatic rings. The Morgan fingerprint density at radius 3 is 2.36 bits per heavy atom. The number of hydrogen-bond acceptors (Lipinski definition) is 1. The van der Waals surface area contributed by atoms with Gasteiger partial charge < -0.3 is 4.74 Å². The Bertz CT molecular complexity index is 187. The highest BCUT2D eigenvalue weighted by Gasteiger charge is 2.42. The first kappa shape index (κ1) is 7.11. The summed E-state index contributed by atoms with van der Waals surface area (Å²) in [6, 6.07) is 0. The Morgan fingerprint density at radius 1 is 1.27 bits per heavy atom. The molecule has 0 radical (unpaired) electrons. The lowest BCUT2D eigenvalue weighted by molar-refractivity contribution is 0.0538. The molecule has 1 fully saturated rings. The molecule has 0 unspecified atom stereocenters. The zero-order chi connectivity index (χ0) is 7.73. The molecular formula is C10H14O. The molecule has 1 heteroatoms. The highest BCUT2D eigenvalue weighted by atomic mass is 16.5. The van der Waals surface area contributed by atoms with E-state index >= 15 is 0 Å². The van der Waals surface area contributed by atoms with Crippen LogP contribution in [0.3, 0.4) is 0 Å². The van der Waals surface area contributed by atoms with Gasteiger partial charge in [0, 0.05) is 7.11 Å². The van der Waals surface area contributed by atoms with Crippen LogP contribution in [0.1, 0.15) is 19.3 Å². The van der Waals surface area contributed by atoms with Gasteiger partial charge in [0.2, 0.25) is 0 Å². The van der Waals surface area contributed by atoms with Crippen molar-refractivity contribution in [2.24, 2.45) is 5.92 Å². The molecule has 0 aliphatic heterocycles. The van der Waals surface area contributed by atoms with Crippen molar-refractivity contribution >= 4 is 0 Å². The lowest BCUT2D eigenvalue weighted by atomic mass is 9.92. The van der Waals surface area contributed by atoms with Crippen LogP contribution in [-0.4, -0.2) is 12.7 Å². The van der Waals surface area contributed by atoms with Crippen molar-refractivity contribution < 1.29 is 4.74 Å². The third-order valence-electron chi connectivity index (χ3n) is 2.60. The molecule has 0 aromatic rings. The van der Waals surface area contributed by atoms with Gasteiger partial charge in [0.1, 0.15) is 5.60 Å². The second kappa shape index (κ2) is 2.49. The second-order valence-electron chi connectivity index (χ2n) is 3.37. The summed E-state index contributed by atoms with van der Waals surface area (Å²) in [5, 5.41) is 0. The molecular weight excluding hydrogens is 136 g/mol. The van der Waals surface area contributed by atoms with Gasteiger partial charge in [0.15, 0.2) is 0 Å². The quantitative estimate of drug-likeness (QED) is 0.549. The van der Waals surface area contributed by atoms with Gasteiger partial charge in [0.25, 0.3) is 0 Å². The minimum atomic E-state index is -0.0295. The van der Waals surface area contributed by atoms with Crippen LogP contribution < -0.4 is 0 Å². The fourth-order valence-electron chi connectivity index (χ4n) is 1.75. The van der Waals surface area contributed by atoms with Gasteiger partial charge in [0.05, 0.1) is 0 Å². The lowest BCUT2D eigenvalue weighted by Crippen LogP contribution is -2.29. The van der Waals surface area contributed by atoms with E-state index in [1.165, 1.54) is 12.8 Å². The van der Waals surface area contributed by atoms with Gasteiger partial charge >= 0.3 is 0 Å². The summed E-state index contributed by atoms with van der Waals surface area (Å²) in [7, 11) is 1.80. The average molecular weight is 150 g/mol. The van der Waals surface area contributed by atoms with Crippen molar-refractivity contribution in [3.63, 3.8) is 0 Å². The maximum absolute atomic E-state index is 5.53. The molecule has 60 valence electrons. The van der Waals surface area contributed by atoms with Gasteiger partial charge in [-0.15, -0.1) is 0 Å². The minimum Gasteiger partial charge on any atom is -0.370 e. The summed E-state index contributed by atoms with van der Waals surface area (Å²) in [4.78, 5) is 0. The van der Waals surface area contributed by atoms with E-state index in [-0.39, 0.29) is 5.60 Å². The van der Waals surface area contributed by atoms with Crippen LogP contribution >= 0.6 is 0 Å². The van der Waals surface area contributed by atoms with Gasteiger partial charge in [-0.25, -0.2) is 0 Å². The molecule has 1 nitrogen and oxygen atoms in total. The van der Waals surface area contributed by atoms with E-state index in [4.69, 9.17) is 4.74 Å². The first-order chi connectivity index (χ1) is 5.37. The summed E-state index contributed by atoms with van der Waals surface area (Å²) >= 11 is 0. The molecule has 0 N–H and O–H groups in total. The second-order valence-corrected chi connectivity index (χ2v) is 3.37. The molecule has 2 rings (SSSR count). The Balaban J connectivity index is 2.19. The Morgan fingerprint density at radius 2 is 1.91 bits per heavy atom. The summed E-state index contributed by atoms with van der Waals surface area (Å²) in [6.45, 7) is 0. The predicted molar refractivity (Wildman–Crippen MR) is 45.4 cm³/mol. The van der Waals surface area contributed by atoms with Crippen LogP contribution in [0, 0.1) is 5.92 Å². The van der Waals surface area contributed by atoms with Crippen LogP contribution in [-0.2, 0) is 4.74 Å². The van der Waals surface area contributed by atoms with Crippen LogP contribution in [0.5, 0.6) is 0 Å². The number of methoxy groups -OCH3 is 1. The summed E-state index contributed by atoms with van der Waals surface area (Å²) in [5.41, 5.74) is -0.0295. The topological polar surface area (TPSA) is 9.23 Å². The molecule has 1 saturated carbocycles. The van der Waals surface area contributed by atoms with Crippen LogP contribution in [0.4, 0.5) is 0 Å². The average Bonchev–Trinajstić information content (AvgIpc) is 2.88. The summed E-state index contributed by atoms with van der Waals surface area (Å²) < 4.78 is 5.53. The first-order valence-electron chi connectivity index (χ1n) is 4.28. The number of allylic oxidation sites excluding steroid dienone is 2. The monoisotopic (exact) mass is 150 g/mol. The van der Waals surface area contributed by atoms with E-state index in [2.05, 4.69) is 24.3 Å². The van der Waals surface area contributed by atoms with E-state index in [0.717, 1.165) is 12.3 Å². The molecule has 11 heavy (non-hydrogen) atoms. The Kier molecular flexibility index (Phi) is 1.61. The van der Waals surface area contributed by atoms with Gasteiger partial charge in [-0.3, -0.25) is 0 Å². The van der Waals surface area contributed by atoms with Crippen molar-refractivity contribution in [3.05, 3.63) is 24.3 Å². The standard InChI is InChI=1S/C10H14O/c1-11-10(9-5-6-9)7-3-2-4-8-10/h3-4,7-9H,2,5-6H2,1H3. The molecule has 0 bridgehead atoms. The number of hydrogen-bond donors (Lipinski definition) is 0. The SMILES string of the molecule is COC1(C2CC2)C=CCC=C1. The normalized spacial score (nSPS) is 27.4. The van der Waals surface area contributed by atoms with E-state index in [9.17, 15) is 0 Å². The fraction of sp³-hybridized carbons (Fsp3) is 0.600. The molecule has 0 saturated heterocycles. The zero-order valence-electron chi connectivity index (χ0n) is 6.92. The number of rotatable bonds is 2. The van der Waals surface area contributed by atoms with Gasteiger partial charge in [-0.2, -0.15) is 0 Å². The lowest BCUT2D eigenvalue weighted by Gasteiger charge is -2.27. The zero-order valence-corrected chi connectivity index (χ0v) is 6.92. The largest absolute Gasteiger partial charge is 0.370 e. The van der Waals surface area contributed by atoms with Crippen molar-refractivity contribution in [1.82, 2.24) is 0 Å². The molecule has 0 aromatic heterocycles. The van der Waals surface area contributed by atoms with Crippen LogP contribution in [0.2, 0.25) is 0 Å². The number of ether oxygens (including phenoxy) is 1. The fourth-order valence-corrected chi connectivity index (χ4v) is 1.75. The maximum atomic E-state index is 5.53. The third kappa shape index (κ3) is 1.14. The van der Waals surface area contributed by atoms with Crippen molar-refractivity contribution in [3.8, 4) is 0 Å². The highest BCUT2D eigenvalue weighted by molar-refractivity contribution is 5.24. The molecule has 0 atom stereocenters. The Hall–Kier alpha value is -0.560. The van der Waals surface area contributed by atoms with Crippen molar-refractivity contribution in [2.75, 3.05) is 7.11 Å². The molecule has 0 amide bonds. The van der Waals surface area contributed by atoms with Crippen LogP contribution in [0.15, 0.2) is 24.3 Å². The molecule has 0 spiro atoms. The molecule has 2 aliphatic carbocycles. The van der Waals surface area contributed by atoms with Crippen LogP contribution in [0.25, 0.3) is 0 Å². The molecule has 0 aromatic carbocycles. The minimum absolute atomic E-state index is 0.0295. The Labute approximate surface area is 67.7 Å².